The van der Waals surface area contributed by atoms with Gasteiger partial charge in [0, 0.05) is 6.26 Å². The summed E-state index contributed by atoms with van der Waals surface area (Å²) in [5, 5.41) is 0. The Kier molecular flexibility index (Phi) is 4.29. The first-order valence-corrected chi connectivity index (χ1v) is 8.84. The average Bonchev–Trinajstić information content (AvgIpc) is 2.93. The molecule has 0 amide bonds. The molecule has 0 saturated heterocycles. The van der Waals surface area contributed by atoms with Gasteiger partial charge < -0.3 is 10.7 Å². The van der Waals surface area contributed by atoms with Gasteiger partial charge in [0.05, 0.1) is 32.9 Å². The van der Waals surface area contributed by atoms with Crippen molar-refractivity contribution in [1.82, 2.24) is 9.97 Å². The second kappa shape index (κ2) is 5.62. The van der Waals surface area contributed by atoms with Crippen molar-refractivity contribution in [1.29, 1.82) is 0 Å². The molecule has 0 bridgehead atoms. The fourth-order valence-corrected chi connectivity index (χ4v) is 3.28. The van der Waals surface area contributed by atoms with E-state index in [-0.39, 0.29) is 5.75 Å². The van der Waals surface area contributed by atoms with Crippen LogP contribution < -0.4 is 5.73 Å². The monoisotopic (exact) mass is 319 g/mol. The van der Waals surface area contributed by atoms with Crippen molar-refractivity contribution < 1.29 is 8.42 Å². The number of rotatable bonds is 5. The summed E-state index contributed by atoms with van der Waals surface area (Å²) in [5.74, 6) is 0.637. The SMILES string of the molecule is CS(=O)(=O)CCC(N)c1ncc(-c2ccc(Cl)s2)[nH]1. The highest BCUT2D eigenvalue weighted by atomic mass is 35.5. The van der Waals surface area contributed by atoms with Gasteiger partial charge >= 0.3 is 0 Å². The molecule has 19 heavy (non-hydrogen) atoms. The van der Waals surface area contributed by atoms with Crippen LogP contribution in [0.4, 0.5) is 0 Å². The average molecular weight is 320 g/mol. The summed E-state index contributed by atoms with van der Waals surface area (Å²) in [4.78, 5) is 8.26. The number of nitrogens with zero attached hydrogens (tertiary/aromatic N) is 1. The zero-order valence-corrected chi connectivity index (χ0v) is 12.6. The summed E-state index contributed by atoms with van der Waals surface area (Å²) in [7, 11) is -3.01. The van der Waals surface area contributed by atoms with Crippen LogP contribution in [0.2, 0.25) is 4.34 Å². The Morgan fingerprint density at radius 2 is 2.26 bits per heavy atom. The van der Waals surface area contributed by atoms with E-state index in [0.29, 0.717) is 16.6 Å². The van der Waals surface area contributed by atoms with E-state index >= 15 is 0 Å². The number of hydrogen-bond donors (Lipinski definition) is 2. The zero-order valence-electron chi connectivity index (χ0n) is 10.3. The first kappa shape index (κ1) is 14.5. The van der Waals surface area contributed by atoms with Gasteiger partial charge in [0.2, 0.25) is 0 Å². The van der Waals surface area contributed by atoms with Crippen molar-refractivity contribution in [2.24, 2.45) is 5.73 Å². The van der Waals surface area contributed by atoms with Crippen LogP contribution in [-0.4, -0.2) is 30.4 Å². The molecule has 8 heteroatoms. The number of aromatic amines is 1. The molecule has 0 aliphatic heterocycles. The van der Waals surface area contributed by atoms with E-state index in [4.69, 9.17) is 17.3 Å². The van der Waals surface area contributed by atoms with Crippen molar-refractivity contribution in [2.75, 3.05) is 12.0 Å². The van der Waals surface area contributed by atoms with Gasteiger partial charge in [-0.3, -0.25) is 0 Å². The lowest BCUT2D eigenvalue weighted by Gasteiger charge is -2.07. The predicted molar refractivity (Wildman–Crippen MR) is 78.2 cm³/mol. The topological polar surface area (TPSA) is 88.8 Å². The minimum atomic E-state index is -3.01. The molecule has 2 aromatic rings. The largest absolute Gasteiger partial charge is 0.340 e. The molecular formula is C11H14ClN3O2S2. The lowest BCUT2D eigenvalue weighted by Crippen LogP contribution is -2.16. The van der Waals surface area contributed by atoms with Gasteiger partial charge in [-0.25, -0.2) is 13.4 Å². The quantitative estimate of drug-likeness (QED) is 0.884. The molecule has 2 rings (SSSR count). The molecule has 104 valence electrons. The van der Waals surface area contributed by atoms with E-state index in [9.17, 15) is 8.42 Å². The lowest BCUT2D eigenvalue weighted by atomic mass is 10.2. The summed E-state index contributed by atoms with van der Waals surface area (Å²) < 4.78 is 22.9. The van der Waals surface area contributed by atoms with Crippen molar-refractivity contribution in [2.45, 2.75) is 12.5 Å². The Bertz CT molecular complexity index is 663. The number of nitrogens with two attached hydrogens (primary N) is 1. The van der Waals surface area contributed by atoms with Gasteiger partial charge in [0.15, 0.2) is 0 Å². The van der Waals surface area contributed by atoms with Crippen LogP contribution in [0.3, 0.4) is 0 Å². The maximum absolute atomic E-state index is 11.1. The smallest absolute Gasteiger partial charge is 0.147 e. The first-order valence-electron chi connectivity index (χ1n) is 5.59. The molecule has 2 heterocycles. The Balaban J connectivity index is 2.08. The Labute approximate surface area is 120 Å². The van der Waals surface area contributed by atoms with Crippen molar-refractivity contribution in [3.05, 3.63) is 28.5 Å². The number of thiophene rings is 1. The van der Waals surface area contributed by atoms with Gasteiger partial charge in [0.1, 0.15) is 15.7 Å². The Morgan fingerprint density at radius 3 is 2.84 bits per heavy atom. The van der Waals surface area contributed by atoms with Crippen LogP contribution in [0, 0.1) is 0 Å². The number of sulfone groups is 1. The molecule has 0 radical (unpaired) electrons. The van der Waals surface area contributed by atoms with E-state index in [2.05, 4.69) is 9.97 Å². The molecule has 0 saturated carbocycles. The maximum Gasteiger partial charge on any atom is 0.147 e. The third kappa shape index (κ3) is 4.04. The van der Waals surface area contributed by atoms with E-state index in [1.807, 2.05) is 12.1 Å². The normalized spacial score (nSPS) is 13.6. The number of nitrogens with one attached hydrogen (secondary N) is 1. The predicted octanol–water partition coefficient (Wildman–Crippen LogP) is 2.23. The van der Waals surface area contributed by atoms with Gasteiger partial charge in [0.25, 0.3) is 0 Å². The van der Waals surface area contributed by atoms with Crippen molar-refractivity contribution >= 4 is 32.8 Å². The number of aromatic nitrogens is 2. The molecule has 1 atom stereocenters. The number of halogens is 1. The van der Waals surface area contributed by atoms with Gasteiger partial charge in [-0.15, -0.1) is 11.3 Å². The van der Waals surface area contributed by atoms with E-state index < -0.39 is 15.9 Å². The fraction of sp³-hybridized carbons (Fsp3) is 0.364. The molecule has 0 aromatic carbocycles. The first-order chi connectivity index (χ1) is 8.85. The zero-order chi connectivity index (χ0) is 14.0. The van der Waals surface area contributed by atoms with Crippen LogP contribution in [0.1, 0.15) is 18.3 Å². The van der Waals surface area contributed by atoms with Crippen molar-refractivity contribution in [3.8, 4) is 10.6 Å². The third-order valence-electron chi connectivity index (χ3n) is 2.58. The molecule has 1 unspecified atom stereocenters. The molecular weight excluding hydrogens is 306 g/mol. The van der Waals surface area contributed by atoms with E-state index in [1.165, 1.54) is 17.6 Å². The molecule has 0 aliphatic carbocycles. The number of imidazole rings is 1. The lowest BCUT2D eigenvalue weighted by molar-refractivity contribution is 0.588. The summed E-state index contributed by atoms with van der Waals surface area (Å²) >= 11 is 7.31. The second-order valence-electron chi connectivity index (χ2n) is 4.31. The molecule has 2 aromatic heterocycles. The highest BCUT2D eigenvalue weighted by molar-refractivity contribution is 7.90. The molecule has 0 spiro atoms. The molecule has 0 fully saturated rings. The number of H-pyrrole nitrogens is 1. The Hall–Kier alpha value is -0.890. The Morgan fingerprint density at radius 1 is 1.53 bits per heavy atom. The minimum absolute atomic E-state index is 0.0506. The van der Waals surface area contributed by atoms with Crippen LogP contribution >= 0.6 is 22.9 Å². The highest BCUT2D eigenvalue weighted by Gasteiger charge is 2.14. The summed E-state index contributed by atoms with van der Waals surface area (Å²) in [6, 6.07) is 3.29. The summed E-state index contributed by atoms with van der Waals surface area (Å²) in [5.41, 5.74) is 6.75. The van der Waals surface area contributed by atoms with E-state index in [1.54, 1.807) is 6.20 Å². The molecule has 3 N–H and O–H groups in total. The molecule has 5 nitrogen and oxygen atoms in total. The van der Waals surface area contributed by atoms with Crippen molar-refractivity contribution in [3.63, 3.8) is 0 Å². The van der Waals surface area contributed by atoms with Gasteiger partial charge in [-0.05, 0) is 18.6 Å². The number of hydrogen-bond acceptors (Lipinski definition) is 5. The summed E-state index contributed by atoms with van der Waals surface area (Å²) in [6.45, 7) is 0. The van der Waals surface area contributed by atoms with Crippen LogP contribution in [0.5, 0.6) is 0 Å². The fourth-order valence-electron chi connectivity index (χ4n) is 1.59. The molecule has 0 aliphatic rings. The van der Waals surface area contributed by atoms with Crippen LogP contribution in [-0.2, 0) is 9.84 Å². The van der Waals surface area contributed by atoms with Crippen LogP contribution in [0.15, 0.2) is 18.3 Å². The van der Waals surface area contributed by atoms with Crippen LogP contribution in [0.25, 0.3) is 10.6 Å². The standard InChI is InChI=1S/C11H14ClN3O2S2/c1-19(16,17)5-4-7(13)11-14-6-8(15-11)9-2-3-10(12)18-9/h2-3,6-7H,4-5,13H2,1H3,(H,14,15). The highest BCUT2D eigenvalue weighted by Crippen LogP contribution is 2.30. The third-order valence-corrected chi connectivity index (χ3v) is 4.83. The van der Waals surface area contributed by atoms with E-state index in [0.717, 1.165) is 10.6 Å². The summed E-state index contributed by atoms with van der Waals surface area (Å²) in [6.07, 6.45) is 3.22. The maximum atomic E-state index is 11.1. The van der Waals surface area contributed by atoms with Gasteiger partial charge in [-0.1, -0.05) is 11.6 Å². The minimum Gasteiger partial charge on any atom is -0.340 e. The van der Waals surface area contributed by atoms with Gasteiger partial charge in [-0.2, -0.15) is 0 Å². The second-order valence-corrected chi connectivity index (χ2v) is 8.29.